The quantitative estimate of drug-likeness (QED) is 0.0113. The summed E-state index contributed by atoms with van der Waals surface area (Å²) in [5, 5.41) is 41.0. The standard InChI is InChI=1S/C42H65N7O10.C35H60N6O10.C7H5N.CH3FS/c1-12-32-42(8)35(49(40(54)59-42)20-16-15-19-48-23-30(45-46-48)29-17-13-14-18-43-29)28(6)44-37(52)24(2)22-41(7,55-11)36(26(4)33(50)27(5)38(53)57-32)58-39-34(51)31(47(9)10)21-25(3)56-39;1-12-25-35(8)28(41(33(46)51-35)16-14-13-15-37-39-36)23(6)38-30(44)19(2)18-34(7,47-11)29(21(4)26(42)22(5)31(45)49-25)50-32-27(43)24(40(9)10)17-20(3)48-32;1-2-7-5-3-4-6-8-7;1-3-2/h13-14,17-18,23-28,31-32,34-36,39,51H,12,15-16,19-22H2,1-11H3,(H,44,52);19-25,27-29,32,43H,12-18H2,1-11H3,(H,38,44);1,3-6H;1H3/t24-,25?,26-,27?,28-,31?,32-,34?,35-,36-,39+,41-,42-;19-,20?,21-,22?,23-,24?,25-,27?,28-,29-,32+,34-,35-;;/m11../s1. The predicted molar refractivity (Wildman–Crippen MR) is 449 cm³/mol. The normalized spacial score (nSPS) is 35.3. The SMILES string of the molecule is C#Cc1ccccn1.CC[C@H]1OC(=O)C(C)C(=O)[C@@H](C)[C@@H](O[C@@H]2OC(C)CC(N(C)C)C2O)[C@](C)(OC)C[C@@H](C)C(=O)N[C@H](C)[C@H]2N(CCCCN=[N+]=[N-])C(=O)O[C@]12C.CC[C@H]1OC(=O)C(C)C(=O)[C@@H](C)[C@@H](O[C@@H]2OC(C)CC(N(C)C)C2O)[C@](C)(OC)C[C@@H](C)C(=O)N[C@H](C)[C@H]2N(CCCCn3cc(-c4ccccn4)nn3)C(=O)O[C@]12C.CSF. The lowest BCUT2D eigenvalue weighted by molar-refractivity contribution is -0.295. The van der Waals surface area contributed by atoms with Crippen LogP contribution in [0.15, 0.2) is 60.1 Å². The highest BCUT2D eigenvalue weighted by atomic mass is 32.2. The molecule has 34 nitrogen and oxygen atoms in total. The van der Waals surface area contributed by atoms with Crippen molar-refractivity contribution in [3.63, 3.8) is 0 Å². The van der Waals surface area contributed by atoms with Gasteiger partial charge in [0, 0.05) is 112 Å². The summed E-state index contributed by atoms with van der Waals surface area (Å²) in [5.74, 6) is -6.60. The lowest BCUT2D eigenvalue weighted by Gasteiger charge is -2.46. The molecular weight excluding hydrogens is 1590 g/mol. The summed E-state index contributed by atoms with van der Waals surface area (Å²) in [6.07, 6.45) is 5.51. The molecule has 8 unspecified atom stereocenters. The highest BCUT2D eigenvalue weighted by Gasteiger charge is 2.62. The summed E-state index contributed by atoms with van der Waals surface area (Å²) < 4.78 is 73.8. The molecule has 6 fully saturated rings. The molecule has 0 aromatic carbocycles. The third-order valence-corrected chi connectivity index (χ3v) is 24.4. The van der Waals surface area contributed by atoms with Gasteiger partial charge in [0.15, 0.2) is 35.3 Å². The Balaban J connectivity index is 0.000000335. The first-order valence-corrected chi connectivity index (χ1v) is 43.0. The van der Waals surface area contributed by atoms with Crippen LogP contribution in [0.4, 0.5) is 13.5 Å². The van der Waals surface area contributed by atoms with E-state index in [2.05, 4.69) is 46.9 Å². The van der Waals surface area contributed by atoms with Gasteiger partial charge in [0.2, 0.25) is 11.8 Å². The molecule has 676 valence electrons. The molecule has 6 saturated heterocycles. The maximum Gasteiger partial charge on any atom is 0.410 e. The molecule has 4 N–H and O–H groups in total. The number of aromatic nitrogens is 5. The van der Waals surface area contributed by atoms with Crippen molar-refractivity contribution in [1.29, 1.82) is 0 Å². The Morgan fingerprint density at radius 3 is 1.42 bits per heavy atom. The second kappa shape index (κ2) is 46.1. The molecule has 121 heavy (non-hydrogen) atoms. The van der Waals surface area contributed by atoms with E-state index in [1.165, 1.54) is 39.2 Å². The van der Waals surface area contributed by atoms with Crippen LogP contribution in [0.2, 0.25) is 0 Å². The molecule has 26 atom stereocenters. The molecule has 9 heterocycles. The number of aliphatic hydroxyl groups is 2. The van der Waals surface area contributed by atoms with Gasteiger partial charge in [0.05, 0.1) is 71.7 Å². The molecule has 36 heteroatoms. The summed E-state index contributed by atoms with van der Waals surface area (Å²) in [5.41, 5.74) is 5.36. The van der Waals surface area contributed by atoms with E-state index in [1.54, 1.807) is 97.3 Å². The van der Waals surface area contributed by atoms with Gasteiger partial charge in [-0.25, -0.2) is 14.6 Å². The lowest BCUT2D eigenvalue weighted by atomic mass is 9.78. The van der Waals surface area contributed by atoms with Gasteiger partial charge < -0.3 is 78.0 Å². The highest BCUT2D eigenvalue weighted by Crippen LogP contribution is 2.44. The number of unbranched alkanes of at least 4 members (excludes halogenated alkanes) is 2. The molecule has 3 aromatic heterocycles. The number of nitrogens with zero attached hydrogens (tertiary/aromatic N) is 12. The van der Waals surface area contributed by atoms with Crippen LogP contribution in [0.25, 0.3) is 21.8 Å². The second-order valence-electron chi connectivity index (χ2n) is 33.9. The molecular formula is C85H133FN14O20S. The van der Waals surface area contributed by atoms with Crippen LogP contribution in [-0.2, 0) is 82.7 Å². The number of cyclic esters (lactones) is 2. The number of hydrogen-bond acceptors (Lipinski definition) is 28. The van der Waals surface area contributed by atoms with Crippen LogP contribution in [0.3, 0.4) is 0 Å². The third kappa shape index (κ3) is 25.4. The number of carbonyl (C=O) groups is 8. The van der Waals surface area contributed by atoms with Gasteiger partial charge in [0.1, 0.15) is 47.6 Å². The van der Waals surface area contributed by atoms with E-state index >= 15 is 0 Å². The number of aryl methyl sites for hydroxylation is 1. The van der Waals surface area contributed by atoms with Crippen molar-refractivity contribution in [2.45, 2.75) is 302 Å². The largest absolute Gasteiger partial charge is 0.458 e. The Morgan fingerprint density at radius 1 is 0.645 bits per heavy atom. The van der Waals surface area contributed by atoms with E-state index in [4.69, 9.17) is 59.3 Å². The van der Waals surface area contributed by atoms with Gasteiger partial charge in [-0.1, -0.05) is 69.9 Å². The Hall–Kier alpha value is -8.05. The summed E-state index contributed by atoms with van der Waals surface area (Å²) in [6, 6.07) is 7.67. The topological polar surface area (TPSA) is 412 Å². The highest BCUT2D eigenvalue weighted by molar-refractivity contribution is 7.93. The fourth-order valence-electron chi connectivity index (χ4n) is 17.6. The summed E-state index contributed by atoms with van der Waals surface area (Å²) >= 11 is 0.250. The number of terminal acetylenes is 1. The van der Waals surface area contributed by atoms with E-state index in [1.807, 2.05) is 102 Å². The van der Waals surface area contributed by atoms with Crippen molar-refractivity contribution in [2.24, 2.45) is 40.6 Å². The zero-order valence-corrected chi connectivity index (χ0v) is 75.6. The van der Waals surface area contributed by atoms with Crippen molar-refractivity contribution in [2.75, 3.05) is 68.3 Å². The van der Waals surface area contributed by atoms with Crippen LogP contribution in [0.1, 0.15) is 181 Å². The zero-order chi connectivity index (χ0) is 90.3. The second-order valence-corrected chi connectivity index (χ2v) is 34.2. The Labute approximate surface area is 716 Å². The molecule has 4 amide bonds. The number of rotatable bonds is 21. The number of amides is 4. The summed E-state index contributed by atoms with van der Waals surface area (Å²) in [4.78, 5) is 130. The molecule has 6 aliphatic heterocycles. The number of hydrogen-bond donors (Lipinski definition) is 4. The number of halogens is 1. The average Bonchev–Trinajstić information content (AvgIpc) is 1.61. The number of fused-ring (bicyclic) bond motifs is 2. The molecule has 0 spiro atoms. The fraction of sp³-hybridized carbons (Fsp3) is 0.741. The summed E-state index contributed by atoms with van der Waals surface area (Å²) in [6.45, 7) is 28.9. The maximum absolute atomic E-state index is 14.4. The minimum Gasteiger partial charge on any atom is -0.458 e. The fourth-order valence-corrected chi connectivity index (χ4v) is 17.6. The van der Waals surface area contributed by atoms with Crippen molar-refractivity contribution >= 4 is 59.7 Å². The minimum atomic E-state index is -1.39. The first-order chi connectivity index (χ1) is 57.0. The van der Waals surface area contributed by atoms with Gasteiger partial charge in [-0.15, -0.1) is 11.5 Å². The number of esters is 2. The van der Waals surface area contributed by atoms with Crippen LogP contribution < -0.4 is 10.6 Å². The molecule has 0 radical (unpaired) electrons. The molecule has 6 aliphatic rings. The number of Topliss-reactive ketones (excluding diaryl/α,β-unsaturated/α-hetero) is 2. The van der Waals surface area contributed by atoms with Crippen LogP contribution in [0, 0.1) is 47.9 Å². The van der Waals surface area contributed by atoms with Gasteiger partial charge in [0.25, 0.3) is 0 Å². The molecule has 0 saturated carbocycles. The van der Waals surface area contributed by atoms with Crippen molar-refractivity contribution in [3.8, 4) is 23.7 Å². The van der Waals surface area contributed by atoms with Gasteiger partial charge in [-0.3, -0.25) is 48.2 Å². The first kappa shape index (κ1) is 102. The Morgan fingerprint density at radius 2 is 1.06 bits per heavy atom. The Kier molecular flexibility index (Phi) is 38.7. The smallest absolute Gasteiger partial charge is 0.410 e. The van der Waals surface area contributed by atoms with E-state index in [9.17, 15) is 52.5 Å². The number of aliphatic hydroxyl groups excluding tert-OH is 2. The van der Waals surface area contributed by atoms with Crippen LogP contribution in [0.5, 0.6) is 0 Å². The number of nitrogens with one attached hydrogen (secondary N) is 2. The van der Waals surface area contributed by atoms with Crippen LogP contribution in [-0.4, -0.2) is 291 Å². The lowest BCUT2D eigenvalue weighted by Crippen LogP contribution is -2.61. The van der Waals surface area contributed by atoms with Crippen LogP contribution >= 0.6 is 12.1 Å². The third-order valence-electron chi connectivity index (χ3n) is 24.4. The van der Waals surface area contributed by atoms with E-state index < -0.39 is 167 Å². The Bertz CT molecular complexity index is 3960. The van der Waals surface area contributed by atoms with Crippen molar-refractivity contribution in [3.05, 3.63) is 71.1 Å². The molecule has 0 bridgehead atoms. The van der Waals surface area contributed by atoms with E-state index in [0.717, 1.165) is 0 Å². The number of ketones is 2. The molecule has 9 rings (SSSR count). The monoisotopic (exact) mass is 1720 g/mol. The minimum absolute atomic E-state index is 0.0940. The van der Waals surface area contributed by atoms with Gasteiger partial charge in [-0.2, -0.15) is 3.89 Å². The first-order valence-electron chi connectivity index (χ1n) is 41.9. The number of azide groups is 1. The number of ether oxygens (including phenoxy) is 10. The maximum atomic E-state index is 14.4. The number of likely N-dealkylation sites (N-methyl/N-ethyl adjacent to an activating group) is 2. The predicted octanol–water partition coefficient (Wildman–Crippen LogP) is 9.50. The molecule has 0 aliphatic carbocycles. The van der Waals surface area contributed by atoms with E-state index in [-0.39, 0.29) is 93.6 Å². The van der Waals surface area contributed by atoms with E-state index in [0.29, 0.717) is 62.2 Å². The van der Waals surface area contributed by atoms with Gasteiger partial charge >= 0.3 is 24.1 Å². The summed E-state index contributed by atoms with van der Waals surface area (Å²) in [7, 11) is 10.4. The number of carbonyl (C=O) groups excluding carboxylic acids is 8. The number of methoxy groups -OCH3 is 2. The zero-order valence-electron chi connectivity index (χ0n) is 74.8. The average molecular weight is 1720 g/mol. The van der Waals surface area contributed by atoms with Crippen molar-refractivity contribution < 1.29 is 99.8 Å². The van der Waals surface area contributed by atoms with Crippen molar-refractivity contribution in [1.82, 2.24) is 55.2 Å². The molecule has 3 aromatic rings. The number of pyridine rings is 2. The van der Waals surface area contributed by atoms with Gasteiger partial charge in [-0.05, 0) is 191 Å².